The summed E-state index contributed by atoms with van der Waals surface area (Å²) >= 11 is 0. The molecular weight excluding hydrogens is 172 g/mol. The Bertz CT molecular complexity index is 333. The predicted octanol–water partition coefficient (Wildman–Crippen LogP) is 2.47. The number of nitrogens with zero attached hydrogens (tertiary/aromatic N) is 2. The van der Waals surface area contributed by atoms with Crippen molar-refractivity contribution in [3.05, 3.63) is 29.1 Å². The number of aromatic nitrogens is 1. The standard InChI is InChI=1S/C12H18N2/c1-9-7-11(8-13-10(9)2)12-5-4-6-14(12)3/h7-8,12H,4-6H2,1-3H3/t12-/m0/s1. The third-order valence-electron chi connectivity index (χ3n) is 3.27. The van der Waals surface area contributed by atoms with E-state index in [0.29, 0.717) is 6.04 Å². The van der Waals surface area contributed by atoms with Gasteiger partial charge in [0, 0.05) is 17.9 Å². The van der Waals surface area contributed by atoms with Crippen LogP contribution in [0.15, 0.2) is 12.3 Å². The lowest BCUT2D eigenvalue weighted by atomic mass is 10.0. The van der Waals surface area contributed by atoms with Crippen molar-refractivity contribution in [2.75, 3.05) is 13.6 Å². The molecule has 1 aromatic heterocycles. The molecule has 1 aliphatic rings. The smallest absolute Gasteiger partial charge is 0.0402 e. The normalized spacial score (nSPS) is 22.9. The summed E-state index contributed by atoms with van der Waals surface area (Å²) in [6.07, 6.45) is 4.63. The van der Waals surface area contributed by atoms with E-state index in [2.05, 4.69) is 36.8 Å². The van der Waals surface area contributed by atoms with Crippen LogP contribution in [-0.4, -0.2) is 23.5 Å². The van der Waals surface area contributed by atoms with Crippen LogP contribution in [-0.2, 0) is 0 Å². The molecule has 2 nitrogen and oxygen atoms in total. The van der Waals surface area contributed by atoms with Gasteiger partial charge in [0.25, 0.3) is 0 Å². The van der Waals surface area contributed by atoms with Gasteiger partial charge in [0.2, 0.25) is 0 Å². The van der Waals surface area contributed by atoms with Crippen molar-refractivity contribution in [3.8, 4) is 0 Å². The van der Waals surface area contributed by atoms with E-state index in [1.54, 1.807) is 0 Å². The van der Waals surface area contributed by atoms with Gasteiger partial charge in [-0.2, -0.15) is 0 Å². The summed E-state index contributed by atoms with van der Waals surface area (Å²) in [6.45, 7) is 5.43. The molecule has 14 heavy (non-hydrogen) atoms. The fourth-order valence-corrected chi connectivity index (χ4v) is 2.18. The van der Waals surface area contributed by atoms with Crippen molar-refractivity contribution >= 4 is 0 Å². The molecule has 2 rings (SSSR count). The van der Waals surface area contributed by atoms with E-state index in [1.807, 2.05) is 6.20 Å². The highest BCUT2D eigenvalue weighted by atomic mass is 15.1. The van der Waals surface area contributed by atoms with Crippen molar-refractivity contribution in [1.29, 1.82) is 0 Å². The number of hydrogen-bond donors (Lipinski definition) is 0. The first-order chi connectivity index (χ1) is 6.68. The lowest BCUT2D eigenvalue weighted by molar-refractivity contribution is 0.317. The van der Waals surface area contributed by atoms with Gasteiger partial charge in [-0.15, -0.1) is 0 Å². The van der Waals surface area contributed by atoms with Crippen LogP contribution >= 0.6 is 0 Å². The number of aryl methyl sites for hydroxylation is 2. The van der Waals surface area contributed by atoms with Crippen LogP contribution in [0.4, 0.5) is 0 Å². The van der Waals surface area contributed by atoms with Crippen LogP contribution in [0.25, 0.3) is 0 Å². The van der Waals surface area contributed by atoms with Gasteiger partial charge >= 0.3 is 0 Å². The van der Waals surface area contributed by atoms with E-state index in [-0.39, 0.29) is 0 Å². The van der Waals surface area contributed by atoms with Crippen LogP contribution in [0.3, 0.4) is 0 Å². The molecule has 0 bridgehead atoms. The van der Waals surface area contributed by atoms with Gasteiger partial charge in [0.05, 0.1) is 0 Å². The van der Waals surface area contributed by atoms with Crippen LogP contribution in [0.2, 0.25) is 0 Å². The molecule has 1 aromatic rings. The van der Waals surface area contributed by atoms with Gasteiger partial charge in [-0.1, -0.05) is 6.07 Å². The van der Waals surface area contributed by atoms with Crippen molar-refractivity contribution in [3.63, 3.8) is 0 Å². The van der Waals surface area contributed by atoms with E-state index in [0.717, 1.165) is 5.69 Å². The molecule has 0 N–H and O–H groups in total. The summed E-state index contributed by atoms with van der Waals surface area (Å²) < 4.78 is 0. The zero-order valence-electron chi connectivity index (χ0n) is 9.25. The number of likely N-dealkylation sites (tertiary alicyclic amines) is 1. The highest BCUT2D eigenvalue weighted by Crippen LogP contribution is 2.30. The molecule has 0 radical (unpaired) electrons. The van der Waals surface area contributed by atoms with Crippen LogP contribution in [0, 0.1) is 13.8 Å². The summed E-state index contributed by atoms with van der Waals surface area (Å²) in [7, 11) is 2.20. The van der Waals surface area contributed by atoms with Gasteiger partial charge in [-0.3, -0.25) is 9.88 Å². The zero-order valence-corrected chi connectivity index (χ0v) is 9.25. The van der Waals surface area contributed by atoms with Crippen molar-refractivity contribution in [2.45, 2.75) is 32.7 Å². The molecule has 76 valence electrons. The average Bonchev–Trinajstić information content (AvgIpc) is 2.57. The topological polar surface area (TPSA) is 16.1 Å². The van der Waals surface area contributed by atoms with Gasteiger partial charge in [-0.25, -0.2) is 0 Å². The first kappa shape index (κ1) is 9.66. The summed E-state index contributed by atoms with van der Waals surface area (Å²) in [6, 6.07) is 2.89. The SMILES string of the molecule is Cc1cc([C@@H]2CCCN2C)cnc1C. The zero-order chi connectivity index (χ0) is 10.1. The van der Waals surface area contributed by atoms with Crippen LogP contribution in [0.5, 0.6) is 0 Å². The maximum absolute atomic E-state index is 4.43. The molecular formula is C12H18N2. The second kappa shape index (κ2) is 3.70. The lowest BCUT2D eigenvalue weighted by Crippen LogP contribution is -2.17. The molecule has 0 unspecified atom stereocenters. The second-order valence-corrected chi connectivity index (χ2v) is 4.31. The third kappa shape index (κ3) is 1.67. The molecule has 1 fully saturated rings. The Kier molecular flexibility index (Phi) is 2.55. The molecule has 2 heteroatoms. The Morgan fingerprint density at radius 1 is 1.43 bits per heavy atom. The van der Waals surface area contributed by atoms with Gasteiger partial charge in [0.15, 0.2) is 0 Å². The maximum atomic E-state index is 4.43. The Morgan fingerprint density at radius 3 is 2.79 bits per heavy atom. The molecule has 1 atom stereocenters. The quantitative estimate of drug-likeness (QED) is 0.676. The summed E-state index contributed by atoms with van der Waals surface area (Å²) in [4.78, 5) is 6.85. The summed E-state index contributed by atoms with van der Waals surface area (Å²) in [5.41, 5.74) is 3.84. The minimum Gasteiger partial charge on any atom is -0.299 e. The van der Waals surface area contributed by atoms with E-state index >= 15 is 0 Å². The molecule has 0 amide bonds. The maximum Gasteiger partial charge on any atom is 0.0402 e. The highest BCUT2D eigenvalue weighted by molar-refractivity contribution is 5.25. The largest absolute Gasteiger partial charge is 0.299 e. The average molecular weight is 190 g/mol. The van der Waals surface area contributed by atoms with E-state index in [1.165, 1.54) is 30.5 Å². The molecule has 1 saturated heterocycles. The highest BCUT2D eigenvalue weighted by Gasteiger charge is 2.22. The number of pyridine rings is 1. The van der Waals surface area contributed by atoms with E-state index in [9.17, 15) is 0 Å². The first-order valence-corrected chi connectivity index (χ1v) is 5.32. The van der Waals surface area contributed by atoms with Crippen molar-refractivity contribution in [1.82, 2.24) is 9.88 Å². The van der Waals surface area contributed by atoms with Crippen molar-refractivity contribution < 1.29 is 0 Å². The molecule has 0 aliphatic carbocycles. The van der Waals surface area contributed by atoms with Crippen LogP contribution in [0.1, 0.15) is 35.7 Å². The number of rotatable bonds is 1. The van der Waals surface area contributed by atoms with E-state index < -0.39 is 0 Å². The Morgan fingerprint density at radius 2 is 2.21 bits per heavy atom. The summed E-state index contributed by atoms with van der Waals surface area (Å²) in [5, 5.41) is 0. The minimum atomic E-state index is 0.599. The monoisotopic (exact) mass is 190 g/mol. The number of hydrogen-bond acceptors (Lipinski definition) is 2. The molecule has 0 spiro atoms. The van der Waals surface area contributed by atoms with Crippen molar-refractivity contribution in [2.24, 2.45) is 0 Å². The Hall–Kier alpha value is -0.890. The molecule has 2 heterocycles. The molecule has 1 aliphatic heterocycles. The molecule has 0 saturated carbocycles. The second-order valence-electron chi connectivity index (χ2n) is 4.31. The fraction of sp³-hybridized carbons (Fsp3) is 0.583. The Balaban J connectivity index is 2.28. The minimum absolute atomic E-state index is 0.599. The lowest BCUT2D eigenvalue weighted by Gasteiger charge is -2.20. The van der Waals surface area contributed by atoms with Gasteiger partial charge in [0.1, 0.15) is 0 Å². The van der Waals surface area contributed by atoms with Gasteiger partial charge in [-0.05, 0) is 51.4 Å². The summed E-state index contributed by atoms with van der Waals surface area (Å²) in [5.74, 6) is 0. The Labute approximate surface area is 86.0 Å². The van der Waals surface area contributed by atoms with E-state index in [4.69, 9.17) is 0 Å². The van der Waals surface area contributed by atoms with Crippen LogP contribution < -0.4 is 0 Å². The fourth-order valence-electron chi connectivity index (χ4n) is 2.18. The third-order valence-corrected chi connectivity index (χ3v) is 3.27. The first-order valence-electron chi connectivity index (χ1n) is 5.32. The predicted molar refractivity (Wildman–Crippen MR) is 58.3 cm³/mol. The molecule has 0 aromatic carbocycles. The van der Waals surface area contributed by atoms with Gasteiger partial charge < -0.3 is 0 Å².